The van der Waals surface area contributed by atoms with E-state index in [9.17, 15) is 0 Å². The highest BCUT2D eigenvalue weighted by Gasteiger charge is 2.71. The van der Waals surface area contributed by atoms with E-state index in [0.717, 1.165) is 23.5 Å². The van der Waals surface area contributed by atoms with Gasteiger partial charge in [-0.2, -0.15) is 0 Å². The first-order valence-corrected chi connectivity index (χ1v) is 35.7. The third-order valence-electron chi connectivity index (χ3n) is 24.8. The van der Waals surface area contributed by atoms with Gasteiger partial charge in [0.25, 0.3) is 6.71 Å². The van der Waals surface area contributed by atoms with Crippen molar-refractivity contribution < 1.29 is 0 Å². The molecule has 0 radical (unpaired) electrons. The summed E-state index contributed by atoms with van der Waals surface area (Å²) in [5, 5.41) is 1.36. The van der Waals surface area contributed by atoms with Crippen LogP contribution in [0.4, 0.5) is 51.2 Å². The summed E-state index contributed by atoms with van der Waals surface area (Å²) in [4.78, 5) is 7.97. The first kappa shape index (κ1) is 59.4. The predicted octanol–water partition coefficient (Wildman–Crippen LogP) is 23.2. The van der Waals surface area contributed by atoms with Gasteiger partial charge in [0.1, 0.15) is 0 Å². The first-order chi connectivity index (χ1) is 44.9. The number of fused-ring (bicyclic) bond motifs is 15. The van der Waals surface area contributed by atoms with Crippen LogP contribution in [0.1, 0.15) is 161 Å². The molecule has 2 saturated carbocycles. The second kappa shape index (κ2) is 20.3. The summed E-state index contributed by atoms with van der Waals surface area (Å²) in [6.45, 7) is 34.0. The predicted molar refractivity (Wildman–Crippen MR) is 404 cm³/mol. The fourth-order valence-electron chi connectivity index (χ4n) is 19.0. The van der Waals surface area contributed by atoms with Crippen molar-refractivity contribution in [3.05, 3.63) is 251 Å². The van der Waals surface area contributed by atoms with Crippen molar-refractivity contribution in [3.8, 4) is 33.4 Å². The molecule has 5 heteroatoms. The van der Waals surface area contributed by atoms with Crippen molar-refractivity contribution in [1.82, 2.24) is 0 Å². The summed E-state index contributed by atoms with van der Waals surface area (Å²) < 4.78 is 2.78. The highest BCUT2D eigenvalue weighted by molar-refractivity contribution is 7.33. The molecular weight excluding hydrogens is 1150 g/mol. The van der Waals surface area contributed by atoms with Gasteiger partial charge >= 0.3 is 0 Å². The minimum absolute atomic E-state index is 0.00183. The highest BCUT2D eigenvalue weighted by Crippen LogP contribution is 2.78. The van der Waals surface area contributed by atoms with E-state index in [0.29, 0.717) is 5.92 Å². The topological polar surface area (TPSA) is 9.72 Å². The third kappa shape index (κ3) is 8.47. The average Bonchev–Trinajstić information content (AvgIpc) is 1.47. The molecule has 2 fully saturated rings. The Morgan fingerprint density at radius 2 is 1.05 bits per heavy atom. The molecule has 17 rings (SSSR count). The smallest absolute Gasteiger partial charge is 0.264 e. The van der Waals surface area contributed by atoms with E-state index in [-0.39, 0.29) is 44.6 Å². The summed E-state index contributed by atoms with van der Waals surface area (Å²) in [5.41, 5.74) is 31.5. The zero-order valence-corrected chi connectivity index (χ0v) is 58.5. The van der Waals surface area contributed by atoms with Crippen molar-refractivity contribution in [2.24, 2.45) is 16.7 Å². The fraction of sp³-hybridized carbons (Fsp3) is 0.303. The largest absolute Gasteiger partial charge is 0.311 e. The van der Waals surface area contributed by atoms with Gasteiger partial charge in [-0.25, -0.2) is 0 Å². The molecule has 4 aliphatic carbocycles. The molecule has 3 atom stereocenters. The van der Waals surface area contributed by atoms with E-state index in [2.05, 4.69) is 324 Å². The van der Waals surface area contributed by atoms with Gasteiger partial charge in [0.05, 0.1) is 11.4 Å². The van der Waals surface area contributed by atoms with Crippen molar-refractivity contribution in [2.75, 3.05) is 14.7 Å². The van der Waals surface area contributed by atoms with Crippen LogP contribution in [0.5, 0.6) is 0 Å². The number of nitrogens with zero attached hydrogens (tertiary/aromatic N) is 3. The monoisotopic (exact) mass is 1240 g/mol. The quantitative estimate of drug-likeness (QED) is 0.147. The first-order valence-electron chi connectivity index (χ1n) is 34.9. The fourth-order valence-corrected chi connectivity index (χ4v) is 20.3. The Labute approximate surface area is 563 Å². The van der Waals surface area contributed by atoms with E-state index in [1.54, 1.807) is 0 Å². The van der Waals surface area contributed by atoms with Gasteiger partial charge in [0, 0.05) is 65.7 Å². The van der Waals surface area contributed by atoms with Crippen molar-refractivity contribution in [3.63, 3.8) is 0 Å². The van der Waals surface area contributed by atoms with Crippen LogP contribution < -0.4 is 30.4 Å². The zero-order chi connectivity index (χ0) is 65.0. The number of benzene rings is 10. The number of hydrogen-bond donors (Lipinski definition) is 0. The maximum Gasteiger partial charge on any atom is 0.264 e. The molecule has 6 aliphatic rings. The molecule has 0 amide bonds. The molecule has 3 nitrogen and oxygen atoms in total. The molecule has 94 heavy (non-hydrogen) atoms. The van der Waals surface area contributed by atoms with Crippen molar-refractivity contribution in [2.45, 2.75) is 156 Å². The van der Waals surface area contributed by atoms with Crippen LogP contribution in [0.2, 0.25) is 0 Å². The molecule has 10 aromatic carbocycles. The normalized spacial score (nSPS) is 20.6. The summed E-state index contributed by atoms with van der Waals surface area (Å²) in [5.74, 6) is 0.650. The molecule has 468 valence electrons. The summed E-state index contributed by atoms with van der Waals surface area (Å²) in [6, 6.07) is 83.4. The minimum atomic E-state index is -0.112. The number of para-hydroxylation sites is 1. The Balaban J connectivity index is 0.943. The Morgan fingerprint density at radius 3 is 1.70 bits per heavy atom. The number of hydrogen-bond acceptors (Lipinski definition) is 4. The summed E-state index contributed by atoms with van der Waals surface area (Å²) in [7, 11) is 0. The van der Waals surface area contributed by atoms with Crippen LogP contribution in [-0.2, 0) is 27.1 Å². The van der Waals surface area contributed by atoms with E-state index < -0.39 is 0 Å². The maximum atomic E-state index is 2.73. The zero-order valence-electron chi connectivity index (χ0n) is 57.6. The van der Waals surface area contributed by atoms with Gasteiger partial charge in [-0.3, -0.25) is 0 Å². The Bertz CT molecular complexity index is 4920. The molecule has 3 heterocycles. The van der Waals surface area contributed by atoms with Crippen LogP contribution in [-0.4, -0.2) is 6.71 Å². The molecule has 1 spiro atoms. The molecule has 1 aromatic heterocycles. The maximum absolute atomic E-state index is 2.73. The highest BCUT2D eigenvalue weighted by atomic mass is 32.1. The molecule has 11 aromatic rings. The average molecular weight is 1240 g/mol. The van der Waals surface area contributed by atoms with Gasteiger partial charge < -0.3 is 14.7 Å². The standard InChI is InChI=1S/C89H88BN3S/c1-55-48-77-80-78(49-55)93(63-36-30-57(31-37-63)56-28-32-59(33-29-56)83(2,3)4)81-69-52-72-73(86(10,11)47-46-85(72,8)9)53-79(69)94-82(81)90(80)74-43-41-65(91(62-38-34-60(35-39-62)84(5,6)7)75-27-21-19-24-66(75)58-22-16-15-17-23-58)51-76(74)92(77)64-40-42-68-67-25-18-20-26-70(67)89(71(68)50-64)54-61-44-45-88(89,14)87(61,12)13/h15-43,48-53,61H,44-47,54H2,1-14H3. The third-order valence-corrected chi connectivity index (χ3v) is 26.0. The lowest BCUT2D eigenvalue weighted by Crippen LogP contribution is -2.60. The second-order valence-corrected chi connectivity index (χ2v) is 34.2. The lowest BCUT2D eigenvalue weighted by molar-refractivity contribution is 0.0990. The van der Waals surface area contributed by atoms with Crippen LogP contribution in [0, 0.1) is 23.7 Å². The van der Waals surface area contributed by atoms with E-state index in [4.69, 9.17) is 0 Å². The summed E-state index contributed by atoms with van der Waals surface area (Å²) >= 11 is 2.04. The summed E-state index contributed by atoms with van der Waals surface area (Å²) in [6.07, 6.45) is 6.04. The molecule has 2 bridgehead atoms. The molecule has 2 aliphatic heterocycles. The Kier molecular flexibility index (Phi) is 12.8. The van der Waals surface area contributed by atoms with Gasteiger partial charge in [-0.05, 0) is 234 Å². The van der Waals surface area contributed by atoms with Crippen molar-refractivity contribution >= 4 is 95.0 Å². The minimum Gasteiger partial charge on any atom is -0.311 e. The molecular formula is C89H88BN3S. The molecule has 3 unspecified atom stereocenters. The number of thiophene rings is 1. The van der Waals surface area contributed by atoms with Crippen LogP contribution in [0.15, 0.2) is 212 Å². The Morgan fingerprint density at radius 1 is 0.479 bits per heavy atom. The van der Waals surface area contributed by atoms with Gasteiger partial charge in [-0.1, -0.05) is 223 Å². The van der Waals surface area contributed by atoms with E-state index in [1.165, 1.54) is 158 Å². The SMILES string of the molecule is Cc1cc2c3c(c1)N(c1ccc(-c4ccc(C(C)(C)C)cc4)cc1)c1c(sc4cc5c(cc14)C(C)(C)CCC5(C)C)B3c1ccc(N(c3ccc(C(C)(C)C)cc3)c3ccccc3-c3ccccc3)cc1N2c1ccc2c(c1)C1(CC3CCC1(C)C3(C)C)c1ccccc1-2. The van der Waals surface area contributed by atoms with Gasteiger partial charge in [-0.15, -0.1) is 11.3 Å². The van der Waals surface area contributed by atoms with Gasteiger partial charge in [0.2, 0.25) is 0 Å². The Hall–Kier alpha value is -8.38. The van der Waals surface area contributed by atoms with Crippen LogP contribution in [0.3, 0.4) is 0 Å². The number of anilines is 9. The molecule has 0 saturated heterocycles. The number of aryl methyl sites for hydroxylation is 1. The van der Waals surface area contributed by atoms with Crippen LogP contribution in [0.25, 0.3) is 43.5 Å². The van der Waals surface area contributed by atoms with Crippen LogP contribution >= 0.6 is 11.3 Å². The lowest BCUT2D eigenvalue weighted by Gasteiger charge is -2.48. The second-order valence-electron chi connectivity index (χ2n) is 33.1. The van der Waals surface area contributed by atoms with E-state index in [1.807, 2.05) is 11.3 Å². The van der Waals surface area contributed by atoms with Crippen molar-refractivity contribution in [1.29, 1.82) is 0 Å². The lowest BCUT2D eigenvalue weighted by atomic mass is 9.36. The number of rotatable bonds is 7. The molecule has 0 N–H and O–H groups in total. The van der Waals surface area contributed by atoms with Gasteiger partial charge in [0.15, 0.2) is 0 Å². The van der Waals surface area contributed by atoms with E-state index >= 15 is 0 Å².